The van der Waals surface area contributed by atoms with Crippen LogP contribution in [0.3, 0.4) is 0 Å². The Bertz CT molecular complexity index is 525. The van der Waals surface area contributed by atoms with Gasteiger partial charge in [-0.1, -0.05) is 5.16 Å². The predicted molar refractivity (Wildman–Crippen MR) is 72.5 cm³/mol. The molecule has 2 rings (SSSR count). The lowest BCUT2D eigenvalue weighted by molar-refractivity contribution is -0.115. The summed E-state index contributed by atoms with van der Waals surface area (Å²) in [5, 5.41) is 9.28. The van der Waals surface area contributed by atoms with Gasteiger partial charge in [0.25, 0.3) is 0 Å². The Morgan fingerprint density at radius 1 is 1.35 bits per heavy atom. The average Bonchev–Trinajstić information content (AvgIpc) is 2.98. The van der Waals surface area contributed by atoms with Gasteiger partial charge in [-0.2, -0.15) is 4.98 Å². The molecule has 1 heterocycles. The van der Waals surface area contributed by atoms with Crippen LogP contribution in [-0.2, 0) is 11.2 Å². The van der Waals surface area contributed by atoms with Crippen molar-refractivity contribution < 1.29 is 14.1 Å². The molecule has 0 bridgehead atoms. The van der Waals surface area contributed by atoms with Crippen molar-refractivity contribution in [2.75, 3.05) is 25.5 Å². The average molecular weight is 276 g/mol. The maximum absolute atomic E-state index is 11.7. The van der Waals surface area contributed by atoms with Gasteiger partial charge in [0.2, 0.25) is 11.8 Å². The van der Waals surface area contributed by atoms with Gasteiger partial charge in [-0.15, -0.1) is 0 Å². The number of anilines is 1. The monoisotopic (exact) mass is 276 g/mol. The minimum absolute atomic E-state index is 0.110. The molecule has 0 atom stereocenters. The fourth-order valence-electron chi connectivity index (χ4n) is 1.58. The molecule has 0 radical (unpaired) electrons. The molecule has 7 heteroatoms. The zero-order chi connectivity index (χ0) is 14.2. The van der Waals surface area contributed by atoms with E-state index in [9.17, 15) is 4.79 Å². The first-order chi connectivity index (χ1) is 9.78. The summed E-state index contributed by atoms with van der Waals surface area (Å²) in [6, 6.07) is 7.15. The third-order valence-corrected chi connectivity index (χ3v) is 2.58. The van der Waals surface area contributed by atoms with Gasteiger partial charge in [0.1, 0.15) is 5.75 Å². The SMILES string of the molecule is COc1ccc(NC(=O)CNCCc2ncno2)cc1. The lowest BCUT2D eigenvalue weighted by Gasteiger charge is -2.06. The van der Waals surface area contributed by atoms with Gasteiger partial charge < -0.3 is 19.9 Å². The molecule has 2 N–H and O–H groups in total. The van der Waals surface area contributed by atoms with Crippen molar-refractivity contribution >= 4 is 11.6 Å². The van der Waals surface area contributed by atoms with Crippen LogP contribution in [0, 0.1) is 0 Å². The van der Waals surface area contributed by atoms with Crippen molar-refractivity contribution in [1.82, 2.24) is 15.5 Å². The number of nitrogens with zero attached hydrogens (tertiary/aromatic N) is 2. The number of benzene rings is 1. The molecule has 7 nitrogen and oxygen atoms in total. The third-order valence-electron chi connectivity index (χ3n) is 2.58. The maximum Gasteiger partial charge on any atom is 0.238 e. The fourth-order valence-corrected chi connectivity index (χ4v) is 1.58. The van der Waals surface area contributed by atoms with Crippen LogP contribution >= 0.6 is 0 Å². The summed E-state index contributed by atoms with van der Waals surface area (Å²) in [5.41, 5.74) is 0.731. The fraction of sp³-hybridized carbons (Fsp3) is 0.308. The van der Waals surface area contributed by atoms with Crippen LogP contribution in [-0.4, -0.2) is 36.2 Å². The summed E-state index contributed by atoms with van der Waals surface area (Å²) in [4.78, 5) is 15.6. The second-order valence-corrected chi connectivity index (χ2v) is 4.04. The molecular formula is C13H16N4O3. The predicted octanol–water partition coefficient (Wildman–Crippen LogP) is 0.849. The lowest BCUT2D eigenvalue weighted by Crippen LogP contribution is -2.29. The quantitative estimate of drug-likeness (QED) is 0.729. The Morgan fingerprint density at radius 3 is 2.80 bits per heavy atom. The number of hydrogen-bond acceptors (Lipinski definition) is 6. The number of carbonyl (C=O) groups excluding carboxylic acids is 1. The molecule has 2 aromatic rings. The molecule has 106 valence electrons. The van der Waals surface area contributed by atoms with Crippen LogP contribution in [0.1, 0.15) is 5.89 Å². The molecule has 0 saturated carbocycles. The molecule has 0 aliphatic carbocycles. The van der Waals surface area contributed by atoms with E-state index in [0.717, 1.165) is 11.4 Å². The first kappa shape index (κ1) is 14.0. The van der Waals surface area contributed by atoms with Gasteiger partial charge >= 0.3 is 0 Å². The molecule has 1 aromatic carbocycles. The van der Waals surface area contributed by atoms with Crippen molar-refractivity contribution in [3.05, 3.63) is 36.5 Å². The molecule has 0 saturated heterocycles. The first-order valence-electron chi connectivity index (χ1n) is 6.18. The van der Waals surface area contributed by atoms with E-state index in [-0.39, 0.29) is 12.5 Å². The van der Waals surface area contributed by atoms with Gasteiger partial charge in [-0.05, 0) is 24.3 Å². The van der Waals surface area contributed by atoms with Crippen LogP contribution in [0.4, 0.5) is 5.69 Å². The summed E-state index contributed by atoms with van der Waals surface area (Å²) >= 11 is 0. The number of nitrogens with one attached hydrogen (secondary N) is 2. The van der Waals surface area contributed by atoms with Crippen LogP contribution in [0.15, 0.2) is 35.1 Å². The first-order valence-corrected chi connectivity index (χ1v) is 6.18. The normalized spacial score (nSPS) is 10.2. The zero-order valence-corrected chi connectivity index (χ0v) is 11.1. The molecule has 0 fully saturated rings. The molecular weight excluding hydrogens is 260 g/mol. The lowest BCUT2D eigenvalue weighted by atomic mass is 10.3. The number of amides is 1. The minimum atomic E-state index is -0.110. The highest BCUT2D eigenvalue weighted by Gasteiger charge is 2.03. The summed E-state index contributed by atoms with van der Waals surface area (Å²) in [6.07, 6.45) is 1.95. The third kappa shape index (κ3) is 4.36. The van der Waals surface area contributed by atoms with Crippen LogP contribution in [0.25, 0.3) is 0 Å². The van der Waals surface area contributed by atoms with E-state index in [0.29, 0.717) is 18.9 Å². The molecule has 0 aliphatic heterocycles. The topological polar surface area (TPSA) is 89.3 Å². The van der Waals surface area contributed by atoms with Gasteiger partial charge in [-0.25, -0.2) is 0 Å². The smallest absolute Gasteiger partial charge is 0.238 e. The highest BCUT2D eigenvalue weighted by atomic mass is 16.5. The molecule has 1 amide bonds. The van der Waals surface area contributed by atoms with E-state index < -0.39 is 0 Å². The van der Waals surface area contributed by atoms with Gasteiger partial charge in [0, 0.05) is 18.7 Å². The largest absolute Gasteiger partial charge is 0.497 e. The summed E-state index contributed by atoms with van der Waals surface area (Å²) < 4.78 is 9.89. The number of aromatic nitrogens is 2. The number of hydrogen-bond donors (Lipinski definition) is 2. The van der Waals surface area contributed by atoms with Crippen molar-refractivity contribution in [3.8, 4) is 5.75 Å². The summed E-state index contributed by atoms with van der Waals surface area (Å²) in [5.74, 6) is 1.19. The van der Waals surface area contributed by atoms with Crippen molar-refractivity contribution in [2.45, 2.75) is 6.42 Å². The molecule has 1 aromatic heterocycles. The van der Waals surface area contributed by atoms with E-state index >= 15 is 0 Å². The van der Waals surface area contributed by atoms with Crippen molar-refractivity contribution in [3.63, 3.8) is 0 Å². The second-order valence-electron chi connectivity index (χ2n) is 4.04. The highest BCUT2D eigenvalue weighted by molar-refractivity contribution is 5.92. The van der Waals surface area contributed by atoms with Crippen molar-refractivity contribution in [2.24, 2.45) is 0 Å². The highest BCUT2D eigenvalue weighted by Crippen LogP contribution is 2.14. The number of carbonyl (C=O) groups is 1. The number of methoxy groups -OCH3 is 1. The summed E-state index contributed by atoms with van der Waals surface area (Å²) in [6.45, 7) is 0.818. The van der Waals surface area contributed by atoms with Gasteiger partial charge in [0.05, 0.1) is 13.7 Å². The summed E-state index contributed by atoms with van der Waals surface area (Å²) in [7, 11) is 1.60. The molecule has 0 spiro atoms. The Labute approximate surface area is 116 Å². The van der Waals surface area contributed by atoms with Crippen LogP contribution in [0.5, 0.6) is 5.75 Å². The minimum Gasteiger partial charge on any atom is -0.497 e. The Morgan fingerprint density at radius 2 is 2.15 bits per heavy atom. The van der Waals surface area contributed by atoms with E-state index in [1.807, 2.05) is 0 Å². The molecule has 0 aliphatic rings. The standard InChI is InChI=1S/C13H16N4O3/c1-19-11-4-2-10(3-5-11)17-12(18)8-14-7-6-13-15-9-16-20-13/h2-5,9,14H,6-8H2,1H3,(H,17,18). The van der Waals surface area contributed by atoms with Gasteiger partial charge in [-0.3, -0.25) is 4.79 Å². The van der Waals surface area contributed by atoms with E-state index in [1.54, 1.807) is 31.4 Å². The Balaban J connectivity index is 1.66. The number of rotatable bonds is 7. The molecule has 20 heavy (non-hydrogen) atoms. The van der Waals surface area contributed by atoms with Crippen LogP contribution in [0.2, 0.25) is 0 Å². The van der Waals surface area contributed by atoms with Crippen LogP contribution < -0.4 is 15.4 Å². The second kappa shape index (κ2) is 7.25. The van der Waals surface area contributed by atoms with E-state index in [1.165, 1.54) is 6.33 Å². The van der Waals surface area contributed by atoms with Crippen molar-refractivity contribution in [1.29, 1.82) is 0 Å². The van der Waals surface area contributed by atoms with Gasteiger partial charge in [0.15, 0.2) is 6.33 Å². The van der Waals surface area contributed by atoms with E-state index in [4.69, 9.17) is 9.26 Å². The number of ether oxygens (including phenoxy) is 1. The van der Waals surface area contributed by atoms with E-state index in [2.05, 4.69) is 20.8 Å². The zero-order valence-electron chi connectivity index (χ0n) is 11.1. The molecule has 0 unspecified atom stereocenters. The Hall–Kier alpha value is -2.41. The maximum atomic E-state index is 11.7. The Kier molecular flexibility index (Phi) is 5.08.